The first-order valence-corrected chi connectivity index (χ1v) is 10.4. The summed E-state index contributed by atoms with van der Waals surface area (Å²) in [4.78, 5) is 28.3. The molecule has 1 heterocycles. The molecule has 0 spiro atoms. The molecular formula is C25H17BrN2O3. The predicted molar refractivity (Wildman–Crippen MR) is 126 cm³/mol. The van der Waals surface area contributed by atoms with Crippen molar-refractivity contribution in [3.8, 4) is 11.1 Å². The van der Waals surface area contributed by atoms with Crippen LogP contribution in [0, 0.1) is 17.0 Å². The number of hydrogen-bond acceptors (Lipinski definition) is 4. The maximum atomic E-state index is 13.3. The first kappa shape index (κ1) is 20.6. The Morgan fingerprint density at radius 2 is 1.74 bits per heavy atom. The quantitative estimate of drug-likeness (QED) is 0.139. The van der Waals surface area contributed by atoms with Gasteiger partial charge in [0.15, 0.2) is 5.78 Å². The highest BCUT2D eigenvalue weighted by Gasteiger charge is 2.19. The summed E-state index contributed by atoms with van der Waals surface area (Å²) in [5.41, 5.74) is 4.48. The minimum atomic E-state index is -0.451. The lowest BCUT2D eigenvalue weighted by molar-refractivity contribution is -0.384. The van der Waals surface area contributed by atoms with E-state index in [9.17, 15) is 14.9 Å². The number of hydrogen-bond donors (Lipinski definition) is 0. The fraction of sp³-hybridized carbons (Fsp3) is 0.0400. The van der Waals surface area contributed by atoms with Crippen molar-refractivity contribution < 1.29 is 9.72 Å². The summed E-state index contributed by atoms with van der Waals surface area (Å²) >= 11 is 3.52. The van der Waals surface area contributed by atoms with Crippen molar-refractivity contribution in [3.63, 3.8) is 0 Å². The van der Waals surface area contributed by atoms with Crippen molar-refractivity contribution in [2.24, 2.45) is 0 Å². The number of nitro benzene ring substituents is 1. The monoisotopic (exact) mass is 472 g/mol. The van der Waals surface area contributed by atoms with Crippen LogP contribution in [0.5, 0.6) is 0 Å². The van der Waals surface area contributed by atoms with Crippen LogP contribution in [0.4, 0.5) is 5.69 Å². The Morgan fingerprint density at radius 3 is 2.42 bits per heavy atom. The number of aromatic nitrogens is 1. The Bertz CT molecular complexity index is 1330. The lowest BCUT2D eigenvalue weighted by Gasteiger charge is -2.14. The second-order valence-electron chi connectivity index (χ2n) is 7.02. The van der Waals surface area contributed by atoms with Gasteiger partial charge in [-0.15, -0.1) is 0 Å². The lowest BCUT2D eigenvalue weighted by atomic mass is 9.92. The second kappa shape index (κ2) is 8.62. The zero-order valence-electron chi connectivity index (χ0n) is 16.6. The number of pyridine rings is 1. The van der Waals surface area contributed by atoms with Gasteiger partial charge in [0.25, 0.3) is 5.69 Å². The van der Waals surface area contributed by atoms with Gasteiger partial charge >= 0.3 is 0 Å². The van der Waals surface area contributed by atoms with E-state index in [2.05, 4.69) is 20.9 Å². The molecule has 4 aromatic rings. The molecule has 0 bridgehead atoms. The van der Waals surface area contributed by atoms with Crippen LogP contribution in [0.15, 0.2) is 83.3 Å². The first-order chi connectivity index (χ1) is 14.9. The van der Waals surface area contributed by atoms with Crippen LogP contribution in [0.3, 0.4) is 0 Å². The third-order valence-electron chi connectivity index (χ3n) is 4.97. The van der Waals surface area contributed by atoms with E-state index in [1.807, 2.05) is 55.5 Å². The molecule has 0 N–H and O–H groups in total. The van der Waals surface area contributed by atoms with E-state index in [-0.39, 0.29) is 11.5 Å². The number of non-ortho nitro benzene ring substituents is 1. The summed E-state index contributed by atoms with van der Waals surface area (Å²) in [6, 6.07) is 21.7. The van der Waals surface area contributed by atoms with E-state index in [0.717, 1.165) is 26.5 Å². The van der Waals surface area contributed by atoms with Crippen LogP contribution in [0.25, 0.3) is 28.1 Å². The molecule has 152 valence electrons. The molecule has 1 aromatic heterocycles. The van der Waals surface area contributed by atoms with Crippen LogP contribution < -0.4 is 0 Å². The highest BCUT2D eigenvalue weighted by molar-refractivity contribution is 9.10. The smallest absolute Gasteiger partial charge is 0.269 e. The number of nitrogens with zero attached hydrogens (tertiary/aromatic N) is 2. The fourth-order valence-electron chi connectivity index (χ4n) is 3.53. The van der Waals surface area contributed by atoms with Gasteiger partial charge < -0.3 is 0 Å². The summed E-state index contributed by atoms with van der Waals surface area (Å²) < 4.78 is 0.905. The minimum Gasteiger partial charge on any atom is -0.289 e. The molecule has 0 fully saturated rings. The van der Waals surface area contributed by atoms with Gasteiger partial charge in [0, 0.05) is 33.2 Å². The number of benzene rings is 3. The van der Waals surface area contributed by atoms with Gasteiger partial charge in [-0.2, -0.15) is 0 Å². The zero-order chi connectivity index (χ0) is 22.0. The molecule has 0 aliphatic carbocycles. The number of fused-ring (bicyclic) bond motifs is 1. The fourth-order valence-corrected chi connectivity index (χ4v) is 3.89. The normalized spacial score (nSPS) is 11.2. The second-order valence-corrected chi connectivity index (χ2v) is 7.94. The number of nitro groups is 1. The molecule has 31 heavy (non-hydrogen) atoms. The van der Waals surface area contributed by atoms with Crippen molar-refractivity contribution in [2.45, 2.75) is 6.92 Å². The van der Waals surface area contributed by atoms with Gasteiger partial charge in [-0.1, -0.05) is 52.3 Å². The molecule has 0 radical (unpaired) electrons. The van der Waals surface area contributed by atoms with Crippen LogP contribution in [-0.2, 0) is 0 Å². The Balaban J connectivity index is 1.83. The molecule has 3 aromatic carbocycles. The number of carbonyl (C=O) groups is 1. The van der Waals surface area contributed by atoms with E-state index in [4.69, 9.17) is 0 Å². The van der Waals surface area contributed by atoms with Crippen LogP contribution in [-0.4, -0.2) is 15.7 Å². The van der Waals surface area contributed by atoms with E-state index in [0.29, 0.717) is 16.8 Å². The van der Waals surface area contributed by atoms with Gasteiger partial charge in [0.05, 0.1) is 16.0 Å². The number of aryl methyl sites for hydroxylation is 1. The average Bonchev–Trinajstić information content (AvgIpc) is 2.77. The van der Waals surface area contributed by atoms with Crippen molar-refractivity contribution in [2.75, 3.05) is 0 Å². The van der Waals surface area contributed by atoms with Crippen LogP contribution in [0.2, 0.25) is 0 Å². The first-order valence-electron chi connectivity index (χ1n) is 9.56. The van der Waals surface area contributed by atoms with Gasteiger partial charge in [-0.3, -0.25) is 19.9 Å². The number of ketones is 1. The lowest BCUT2D eigenvalue weighted by Crippen LogP contribution is -2.05. The van der Waals surface area contributed by atoms with Crippen molar-refractivity contribution >= 4 is 44.4 Å². The number of halogens is 1. The number of carbonyl (C=O) groups excluding carboxylic acids is 1. The Labute approximate surface area is 187 Å². The third-order valence-corrected chi connectivity index (χ3v) is 5.46. The molecule has 0 saturated heterocycles. The number of allylic oxidation sites excluding steroid dienone is 1. The highest BCUT2D eigenvalue weighted by atomic mass is 79.9. The van der Waals surface area contributed by atoms with Crippen molar-refractivity contribution in [1.29, 1.82) is 0 Å². The zero-order valence-corrected chi connectivity index (χ0v) is 18.2. The van der Waals surface area contributed by atoms with Crippen molar-refractivity contribution in [3.05, 3.63) is 110 Å². The van der Waals surface area contributed by atoms with E-state index < -0.39 is 4.92 Å². The standard InChI is InChI=1S/C25H17BrN2O3/c1-16-24(23(29)14-9-17-7-11-20(12-8-17)28(30)31)25(18-5-3-2-4-6-18)21-15-19(26)10-13-22(21)27-16/h2-15H,1H3. The van der Waals surface area contributed by atoms with Gasteiger partial charge in [0.1, 0.15) is 0 Å². The molecule has 0 aliphatic heterocycles. The highest BCUT2D eigenvalue weighted by Crippen LogP contribution is 2.35. The largest absolute Gasteiger partial charge is 0.289 e. The Kier molecular flexibility index (Phi) is 5.73. The van der Waals surface area contributed by atoms with Gasteiger partial charge in [0.2, 0.25) is 0 Å². The Hall–Kier alpha value is -3.64. The van der Waals surface area contributed by atoms with Crippen LogP contribution in [0.1, 0.15) is 21.6 Å². The predicted octanol–water partition coefficient (Wildman–Crippen LogP) is 6.78. The molecule has 6 heteroatoms. The maximum absolute atomic E-state index is 13.3. The van der Waals surface area contributed by atoms with Gasteiger partial charge in [-0.25, -0.2) is 0 Å². The van der Waals surface area contributed by atoms with Crippen LogP contribution >= 0.6 is 15.9 Å². The SMILES string of the molecule is Cc1nc2ccc(Br)cc2c(-c2ccccc2)c1C(=O)C=Cc1ccc([N+](=O)[O-])cc1. The molecular weight excluding hydrogens is 456 g/mol. The van der Waals surface area contributed by atoms with Gasteiger partial charge in [-0.05, 0) is 54.5 Å². The molecule has 0 amide bonds. The average molecular weight is 473 g/mol. The van der Waals surface area contributed by atoms with E-state index in [1.165, 1.54) is 18.2 Å². The van der Waals surface area contributed by atoms with Crippen molar-refractivity contribution in [1.82, 2.24) is 4.98 Å². The molecule has 0 atom stereocenters. The molecule has 0 unspecified atom stereocenters. The Morgan fingerprint density at radius 1 is 1.03 bits per heavy atom. The van der Waals surface area contributed by atoms with E-state index in [1.54, 1.807) is 18.2 Å². The molecule has 0 saturated carbocycles. The molecule has 4 rings (SSSR count). The summed E-state index contributed by atoms with van der Waals surface area (Å²) in [7, 11) is 0. The summed E-state index contributed by atoms with van der Waals surface area (Å²) in [6.07, 6.45) is 3.15. The summed E-state index contributed by atoms with van der Waals surface area (Å²) in [6.45, 7) is 1.83. The summed E-state index contributed by atoms with van der Waals surface area (Å²) in [5.74, 6) is -0.177. The minimum absolute atomic E-state index is 0.00925. The van der Waals surface area contributed by atoms with E-state index >= 15 is 0 Å². The summed E-state index contributed by atoms with van der Waals surface area (Å²) in [5, 5.41) is 11.7. The molecule has 5 nitrogen and oxygen atoms in total. The topological polar surface area (TPSA) is 73.1 Å². The number of rotatable bonds is 5. The third kappa shape index (κ3) is 4.29. The molecule has 0 aliphatic rings. The maximum Gasteiger partial charge on any atom is 0.269 e.